The van der Waals surface area contributed by atoms with Crippen LogP contribution < -0.4 is 0 Å². The number of hydrogen-bond donors (Lipinski definition) is 2. The second-order valence-electron chi connectivity index (χ2n) is 3.57. The Morgan fingerprint density at radius 1 is 1.27 bits per heavy atom. The summed E-state index contributed by atoms with van der Waals surface area (Å²) in [5, 5.41) is 18.9. The zero-order chi connectivity index (χ0) is 11.5. The first kappa shape index (κ1) is 11.7. The zero-order valence-corrected chi connectivity index (χ0v) is 9.03. The lowest BCUT2D eigenvalue weighted by Crippen LogP contribution is -2.34. The van der Waals surface area contributed by atoms with Gasteiger partial charge in [0.05, 0.1) is 0 Å². The highest BCUT2D eigenvalue weighted by Crippen LogP contribution is 2.25. The fourth-order valence-corrected chi connectivity index (χ4v) is 1.49. The summed E-state index contributed by atoms with van der Waals surface area (Å²) in [5.74, 6) is -1.20. The van der Waals surface area contributed by atoms with E-state index in [9.17, 15) is 9.90 Å². The fraction of sp³-hybridized carbons (Fsp3) is 0.417. The van der Waals surface area contributed by atoms with Gasteiger partial charge in [0.25, 0.3) is 0 Å². The van der Waals surface area contributed by atoms with E-state index in [2.05, 4.69) is 0 Å². The summed E-state index contributed by atoms with van der Waals surface area (Å²) >= 11 is 0. The van der Waals surface area contributed by atoms with E-state index in [1.165, 1.54) is 0 Å². The molecule has 0 aliphatic heterocycles. The van der Waals surface area contributed by atoms with E-state index < -0.39 is 11.6 Å². The molecule has 0 spiro atoms. The van der Waals surface area contributed by atoms with Gasteiger partial charge in [0.1, 0.15) is 0 Å². The lowest BCUT2D eigenvalue weighted by Gasteiger charge is -2.22. The molecule has 15 heavy (non-hydrogen) atoms. The number of carboxylic acids is 1. The van der Waals surface area contributed by atoms with E-state index in [0.29, 0.717) is 5.56 Å². The van der Waals surface area contributed by atoms with E-state index in [-0.39, 0.29) is 6.42 Å². The number of benzene rings is 1. The number of aliphatic hydroxyl groups is 1. The van der Waals surface area contributed by atoms with E-state index >= 15 is 0 Å². The van der Waals surface area contributed by atoms with Gasteiger partial charge in [-0.25, -0.2) is 4.79 Å². The third-order valence-electron chi connectivity index (χ3n) is 2.71. The van der Waals surface area contributed by atoms with Crippen molar-refractivity contribution < 1.29 is 15.0 Å². The molecular formula is C12H16O3. The van der Waals surface area contributed by atoms with Crippen LogP contribution in [0.1, 0.15) is 31.4 Å². The highest BCUT2D eigenvalue weighted by atomic mass is 16.4. The van der Waals surface area contributed by atoms with E-state index in [1.807, 2.05) is 19.1 Å². The van der Waals surface area contributed by atoms with Crippen LogP contribution in [0.15, 0.2) is 24.3 Å². The predicted molar refractivity (Wildman–Crippen MR) is 57.6 cm³/mol. The Balaban J connectivity index is 3.08. The van der Waals surface area contributed by atoms with E-state index in [4.69, 9.17) is 5.11 Å². The summed E-state index contributed by atoms with van der Waals surface area (Å²) in [6, 6.07) is 7.05. The summed E-state index contributed by atoms with van der Waals surface area (Å²) in [6.45, 7) is 3.68. The maximum atomic E-state index is 11.0. The summed E-state index contributed by atoms with van der Waals surface area (Å²) in [7, 11) is 0. The van der Waals surface area contributed by atoms with Crippen molar-refractivity contribution in [3.8, 4) is 0 Å². The van der Waals surface area contributed by atoms with Crippen LogP contribution in [0.2, 0.25) is 0 Å². The van der Waals surface area contributed by atoms with Crippen LogP contribution in [0.5, 0.6) is 0 Å². The Morgan fingerprint density at radius 3 is 2.13 bits per heavy atom. The highest BCUT2D eigenvalue weighted by Gasteiger charge is 2.35. The quantitative estimate of drug-likeness (QED) is 0.794. The van der Waals surface area contributed by atoms with Crippen LogP contribution in [0.3, 0.4) is 0 Å². The molecule has 3 heteroatoms. The number of carbonyl (C=O) groups is 1. The third kappa shape index (κ3) is 2.18. The number of aliphatic carboxylic acids is 1. The van der Waals surface area contributed by atoms with Crippen molar-refractivity contribution in [2.45, 2.75) is 32.3 Å². The minimum Gasteiger partial charge on any atom is -0.479 e. The molecule has 2 N–H and O–H groups in total. The largest absolute Gasteiger partial charge is 0.479 e. The molecule has 1 aromatic rings. The monoisotopic (exact) mass is 208 g/mol. The first-order valence-electron chi connectivity index (χ1n) is 5.09. The topological polar surface area (TPSA) is 57.5 Å². The van der Waals surface area contributed by atoms with Crippen molar-refractivity contribution in [1.29, 1.82) is 0 Å². The van der Waals surface area contributed by atoms with Crippen LogP contribution in [-0.2, 0) is 16.8 Å². The van der Waals surface area contributed by atoms with Crippen molar-refractivity contribution in [2.24, 2.45) is 0 Å². The molecule has 0 aromatic heterocycles. The normalized spacial score (nSPS) is 14.6. The van der Waals surface area contributed by atoms with Gasteiger partial charge < -0.3 is 10.2 Å². The van der Waals surface area contributed by atoms with Gasteiger partial charge in [-0.1, -0.05) is 38.1 Å². The SMILES string of the molecule is CCc1ccc([C@](O)(CC)C(=O)O)cc1. The Kier molecular flexibility index (Phi) is 3.48. The van der Waals surface area contributed by atoms with Crippen LogP contribution in [-0.4, -0.2) is 16.2 Å². The maximum absolute atomic E-state index is 11.0. The third-order valence-corrected chi connectivity index (χ3v) is 2.71. The van der Waals surface area contributed by atoms with Crippen molar-refractivity contribution in [1.82, 2.24) is 0 Å². The summed E-state index contributed by atoms with van der Waals surface area (Å²) in [6.07, 6.45) is 1.06. The molecule has 0 saturated heterocycles. The number of aryl methyl sites for hydroxylation is 1. The van der Waals surface area contributed by atoms with Gasteiger partial charge in [-0.3, -0.25) is 0 Å². The van der Waals surface area contributed by atoms with Gasteiger partial charge in [-0.2, -0.15) is 0 Å². The van der Waals surface area contributed by atoms with Crippen molar-refractivity contribution in [2.75, 3.05) is 0 Å². The average Bonchev–Trinajstić information content (AvgIpc) is 2.28. The molecule has 82 valence electrons. The Bertz CT molecular complexity index is 342. The Hall–Kier alpha value is -1.35. The van der Waals surface area contributed by atoms with Gasteiger partial charge in [-0.05, 0) is 24.0 Å². The van der Waals surface area contributed by atoms with Crippen LogP contribution in [0.4, 0.5) is 0 Å². The summed E-state index contributed by atoms with van der Waals surface area (Å²) in [5.41, 5.74) is -0.191. The average molecular weight is 208 g/mol. The zero-order valence-electron chi connectivity index (χ0n) is 9.03. The molecule has 0 fully saturated rings. The molecule has 0 unspecified atom stereocenters. The van der Waals surface area contributed by atoms with Crippen LogP contribution in [0.25, 0.3) is 0 Å². The minimum absolute atomic E-state index is 0.161. The molecule has 1 aromatic carbocycles. The lowest BCUT2D eigenvalue weighted by atomic mass is 9.90. The predicted octanol–water partition coefficient (Wildman–Crippen LogP) is 1.93. The van der Waals surface area contributed by atoms with Crippen molar-refractivity contribution >= 4 is 5.97 Å². The maximum Gasteiger partial charge on any atom is 0.340 e. The fourth-order valence-electron chi connectivity index (χ4n) is 1.49. The molecule has 0 amide bonds. The van der Waals surface area contributed by atoms with E-state index in [1.54, 1.807) is 19.1 Å². The van der Waals surface area contributed by atoms with Gasteiger partial charge >= 0.3 is 5.97 Å². The molecule has 3 nitrogen and oxygen atoms in total. The first-order chi connectivity index (χ1) is 7.04. The smallest absolute Gasteiger partial charge is 0.340 e. The summed E-state index contributed by atoms with van der Waals surface area (Å²) in [4.78, 5) is 11.0. The Morgan fingerprint density at radius 2 is 1.80 bits per heavy atom. The number of rotatable bonds is 4. The van der Waals surface area contributed by atoms with Crippen molar-refractivity contribution in [3.05, 3.63) is 35.4 Å². The molecule has 0 saturated carbocycles. The van der Waals surface area contributed by atoms with Gasteiger partial charge in [-0.15, -0.1) is 0 Å². The molecule has 0 aliphatic carbocycles. The van der Waals surface area contributed by atoms with E-state index in [0.717, 1.165) is 12.0 Å². The van der Waals surface area contributed by atoms with Gasteiger partial charge in [0.2, 0.25) is 0 Å². The second kappa shape index (κ2) is 4.45. The van der Waals surface area contributed by atoms with Gasteiger partial charge in [0.15, 0.2) is 5.60 Å². The van der Waals surface area contributed by atoms with Crippen LogP contribution in [0, 0.1) is 0 Å². The standard InChI is InChI=1S/C12H16O3/c1-3-9-5-7-10(8-6-9)12(15,4-2)11(13)14/h5-8,15H,3-4H2,1-2H3,(H,13,14)/t12-/m1/s1. The molecule has 0 radical (unpaired) electrons. The van der Waals surface area contributed by atoms with Gasteiger partial charge in [0, 0.05) is 0 Å². The molecule has 0 aliphatic rings. The second-order valence-corrected chi connectivity index (χ2v) is 3.57. The molecular weight excluding hydrogens is 192 g/mol. The number of hydrogen-bond acceptors (Lipinski definition) is 2. The first-order valence-corrected chi connectivity index (χ1v) is 5.09. The highest BCUT2D eigenvalue weighted by molar-refractivity contribution is 5.79. The lowest BCUT2D eigenvalue weighted by molar-refractivity contribution is -0.160. The minimum atomic E-state index is -1.76. The molecule has 0 bridgehead atoms. The Labute approximate surface area is 89.4 Å². The summed E-state index contributed by atoms with van der Waals surface area (Å²) < 4.78 is 0. The molecule has 1 atom stereocenters. The van der Waals surface area contributed by atoms with Crippen molar-refractivity contribution in [3.63, 3.8) is 0 Å². The molecule has 0 heterocycles. The van der Waals surface area contributed by atoms with Crippen LogP contribution >= 0.6 is 0 Å². The number of carboxylic acid groups (broad SMARTS) is 1. The molecule has 1 rings (SSSR count).